The van der Waals surface area contributed by atoms with Crippen molar-refractivity contribution in [3.63, 3.8) is 0 Å². The Morgan fingerprint density at radius 2 is 1.81 bits per heavy atom. The van der Waals surface area contributed by atoms with E-state index in [0.29, 0.717) is 12.1 Å². The van der Waals surface area contributed by atoms with Gasteiger partial charge in [0, 0.05) is 19.2 Å². The smallest absolute Gasteiger partial charge is 0.0613 e. The minimum Gasteiger partial charge on any atom is -0.383 e. The molecule has 1 aliphatic rings. The second-order valence-corrected chi connectivity index (χ2v) is 5.51. The van der Waals surface area contributed by atoms with Crippen LogP contribution in [0.2, 0.25) is 0 Å². The second kappa shape index (κ2) is 8.08. The first-order chi connectivity index (χ1) is 7.72. The fraction of sp³-hybridized carbons (Fsp3) is 1.00. The molecular weight excluding hydrogens is 198 g/mol. The van der Waals surface area contributed by atoms with Gasteiger partial charge >= 0.3 is 0 Å². The molecule has 16 heavy (non-hydrogen) atoms. The lowest BCUT2D eigenvalue weighted by atomic mass is 9.85. The summed E-state index contributed by atoms with van der Waals surface area (Å²) in [5.41, 5.74) is 0. The fourth-order valence-corrected chi connectivity index (χ4v) is 2.83. The lowest BCUT2D eigenvalue weighted by molar-refractivity contribution is 0.165. The summed E-state index contributed by atoms with van der Waals surface area (Å²) in [5.74, 6) is 1.01. The van der Waals surface area contributed by atoms with Gasteiger partial charge in [0.1, 0.15) is 0 Å². The second-order valence-electron chi connectivity index (χ2n) is 5.51. The van der Waals surface area contributed by atoms with Crippen LogP contribution in [0.5, 0.6) is 0 Å². The molecule has 0 amide bonds. The molecule has 0 saturated heterocycles. The number of nitrogens with one attached hydrogen (secondary N) is 1. The first kappa shape index (κ1) is 14.0. The highest BCUT2D eigenvalue weighted by Gasteiger charge is 2.15. The number of ether oxygens (including phenoxy) is 1. The van der Waals surface area contributed by atoms with Crippen LogP contribution < -0.4 is 5.32 Å². The molecule has 2 nitrogen and oxygen atoms in total. The van der Waals surface area contributed by atoms with E-state index in [4.69, 9.17) is 4.74 Å². The molecule has 2 unspecified atom stereocenters. The summed E-state index contributed by atoms with van der Waals surface area (Å²) < 4.78 is 5.14. The normalized spacial score (nSPS) is 21.9. The molecule has 0 aromatic carbocycles. The molecule has 1 N–H and O–H groups in total. The van der Waals surface area contributed by atoms with Gasteiger partial charge in [-0.05, 0) is 32.6 Å². The van der Waals surface area contributed by atoms with Gasteiger partial charge < -0.3 is 10.1 Å². The van der Waals surface area contributed by atoms with E-state index >= 15 is 0 Å². The van der Waals surface area contributed by atoms with Crippen LogP contribution in [0.3, 0.4) is 0 Å². The van der Waals surface area contributed by atoms with E-state index in [0.717, 1.165) is 12.5 Å². The van der Waals surface area contributed by atoms with Crippen molar-refractivity contribution in [3.8, 4) is 0 Å². The highest BCUT2D eigenvalue weighted by molar-refractivity contribution is 4.71. The van der Waals surface area contributed by atoms with Crippen molar-refractivity contribution >= 4 is 0 Å². The Balaban J connectivity index is 2.06. The Morgan fingerprint density at radius 1 is 1.12 bits per heavy atom. The molecule has 0 radical (unpaired) electrons. The zero-order chi connectivity index (χ0) is 11.8. The Hall–Kier alpha value is -0.0800. The zero-order valence-electron chi connectivity index (χ0n) is 11.3. The van der Waals surface area contributed by atoms with Crippen LogP contribution in [0.25, 0.3) is 0 Å². The highest BCUT2D eigenvalue weighted by atomic mass is 16.5. The predicted octanol–water partition coefficient (Wildman–Crippen LogP) is 3.36. The fourth-order valence-electron chi connectivity index (χ4n) is 2.83. The van der Waals surface area contributed by atoms with Crippen LogP contribution in [0, 0.1) is 5.92 Å². The maximum Gasteiger partial charge on any atom is 0.0613 e. The average Bonchev–Trinajstić information content (AvgIpc) is 2.28. The van der Waals surface area contributed by atoms with Crippen molar-refractivity contribution in [3.05, 3.63) is 0 Å². The van der Waals surface area contributed by atoms with Gasteiger partial charge in [-0.2, -0.15) is 0 Å². The Bertz CT molecular complexity index is 166. The Morgan fingerprint density at radius 3 is 2.44 bits per heavy atom. The van der Waals surface area contributed by atoms with Gasteiger partial charge in [0.15, 0.2) is 0 Å². The molecule has 0 aromatic heterocycles. The van der Waals surface area contributed by atoms with E-state index in [9.17, 15) is 0 Å². The summed E-state index contributed by atoms with van der Waals surface area (Å²) in [6.45, 7) is 5.31. The van der Waals surface area contributed by atoms with Crippen molar-refractivity contribution < 1.29 is 4.74 Å². The highest BCUT2D eigenvalue weighted by Crippen LogP contribution is 2.27. The minimum atomic E-state index is 0.478. The van der Waals surface area contributed by atoms with Crippen LogP contribution >= 0.6 is 0 Å². The van der Waals surface area contributed by atoms with Crippen molar-refractivity contribution in [2.45, 2.75) is 70.9 Å². The molecule has 1 fully saturated rings. The zero-order valence-corrected chi connectivity index (χ0v) is 11.3. The van der Waals surface area contributed by atoms with E-state index < -0.39 is 0 Å². The van der Waals surface area contributed by atoms with E-state index in [1.807, 2.05) is 0 Å². The summed E-state index contributed by atoms with van der Waals surface area (Å²) in [6, 6.07) is 1.11. The van der Waals surface area contributed by atoms with Crippen LogP contribution in [-0.2, 0) is 4.74 Å². The molecule has 1 aliphatic carbocycles. The Labute approximate surface area is 101 Å². The number of hydrogen-bond donors (Lipinski definition) is 1. The molecule has 2 heteroatoms. The van der Waals surface area contributed by atoms with E-state index in [1.165, 1.54) is 44.9 Å². The SMILES string of the molecule is COCC(C)NC(C)CCC1CCCCC1. The largest absolute Gasteiger partial charge is 0.383 e. The third-order valence-electron chi connectivity index (χ3n) is 3.72. The molecule has 1 saturated carbocycles. The maximum absolute atomic E-state index is 5.14. The molecule has 0 heterocycles. The van der Waals surface area contributed by atoms with Crippen molar-refractivity contribution in [2.24, 2.45) is 5.92 Å². The van der Waals surface area contributed by atoms with Gasteiger partial charge in [-0.25, -0.2) is 0 Å². The molecule has 96 valence electrons. The third kappa shape index (κ3) is 5.86. The molecule has 0 aromatic rings. The van der Waals surface area contributed by atoms with Gasteiger partial charge in [-0.1, -0.05) is 32.1 Å². The first-order valence-corrected chi connectivity index (χ1v) is 6.97. The van der Waals surface area contributed by atoms with Gasteiger partial charge in [-0.3, -0.25) is 0 Å². The lowest BCUT2D eigenvalue weighted by Crippen LogP contribution is -2.37. The molecule has 2 atom stereocenters. The summed E-state index contributed by atoms with van der Waals surface area (Å²) in [7, 11) is 1.77. The minimum absolute atomic E-state index is 0.478. The molecular formula is C14H29NO. The number of rotatable bonds is 7. The van der Waals surface area contributed by atoms with Crippen LogP contribution in [0.15, 0.2) is 0 Å². The number of methoxy groups -OCH3 is 1. The van der Waals surface area contributed by atoms with E-state index in [-0.39, 0.29) is 0 Å². The summed E-state index contributed by atoms with van der Waals surface area (Å²) in [4.78, 5) is 0. The maximum atomic E-state index is 5.14. The first-order valence-electron chi connectivity index (χ1n) is 6.97. The van der Waals surface area contributed by atoms with Crippen LogP contribution in [0.1, 0.15) is 58.8 Å². The topological polar surface area (TPSA) is 21.3 Å². The molecule has 0 aliphatic heterocycles. The third-order valence-corrected chi connectivity index (χ3v) is 3.72. The van der Waals surface area contributed by atoms with Gasteiger partial charge in [0.2, 0.25) is 0 Å². The molecule has 0 bridgehead atoms. The lowest BCUT2D eigenvalue weighted by Gasteiger charge is -2.24. The van der Waals surface area contributed by atoms with E-state index in [1.54, 1.807) is 7.11 Å². The molecule has 0 spiro atoms. The van der Waals surface area contributed by atoms with Crippen LogP contribution in [0.4, 0.5) is 0 Å². The summed E-state index contributed by atoms with van der Waals surface area (Å²) in [5, 5.41) is 3.60. The van der Waals surface area contributed by atoms with Gasteiger partial charge in [0.05, 0.1) is 6.61 Å². The summed E-state index contributed by atoms with van der Waals surface area (Å²) in [6.07, 6.45) is 10.1. The number of hydrogen-bond acceptors (Lipinski definition) is 2. The van der Waals surface area contributed by atoms with Crippen molar-refractivity contribution in [2.75, 3.05) is 13.7 Å². The molecule has 1 rings (SSSR count). The van der Waals surface area contributed by atoms with Crippen LogP contribution in [-0.4, -0.2) is 25.8 Å². The van der Waals surface area contributed by atoms with Crippen molar-refractivity contribution in [1.82, 2.24) is 5.32 Å². The predicted molar refractivity (Wildman–Crippen MR) is 69.7 cm³/mol. The average molecular weight is 227 g/mol. The summed E-state index contributed by atoms with van der Waals surface area (Å²) >= 11 is 0. The monoisotopic (exact) mass is 227 g/mol. The standard InChI is InChI=1S/C14H29NO/c1-12(15-13(2)11-16-3)9-10-14-7-5-4-6-8-14/h12-15H,4-11H2,1-3H3. The Kier molecular flexibility index (Phi) is 7.06. The van der Waals surface area contributed by atoms with Gasteiger partial charge in [-0.15, -0.1) is 0 Å². The van der Waals surface area contributed by atoms with Gasteiger partial charge in [0.25, 0.3) is 0 Å². The van der Waals surface area contributed by atoms with E-state index in [2.05, 4.69) is 19.2 Å². The quantitative estimate of drug-likeness (QED) is 0.720. The van der Waals surface area contributed by atoms with Crippen molar-refractivity contribution in [1.29, 1.82) is 0 Å².